The average molecular weight is 429 g/mol. The van der Waals surface area contributed by atoms with Crippen molar-refractivity contribution < 1.29 is 18.8 Å². The molecule has 1 aliphatic heterocycles. The number of rotatable bonds is 5. The number of imide groups is 1. The lowest BCUT2D eigenvalue weighted by Crippen LogP contribution is -2.39. The molecule has 0 bridgehead atoms. The van der Waals surface area contributed by atoms with Crippen LogP contribution in [0, 0.1) is 0 Å². The molecule has 1 aliphatic rings. The molecule has 2 aromatic carbocycles. The number of hydrogen-bond acceptors (Lipinski definition) is 6. The van der Waals surface area contributed by atoms with Gasteiger partial charge in [0.05, 0.1) is 23.3 Å². The van der Waals surface area contributed by atoms with Gasteiger partial charge in [0.1, 0.15) is 6.54 Å². The minimum absolute atomic E-state index is 0.0275. The number of piperidine rings is 1. The molecule has 5 rings (SSSR count). The Morgan fingerprint density at radius 2 is 2.06 bits per heavy atom. The van der Waals surface area contributed by atoms with E-state index in [2.05, 4.69) is 20.7 Å². The van der Waals surface area contributed by atoms with Crippen LogP contribution >= 0.6 is 0 Å². The summed E-state index contributed by atoms with van der Waals surface area (Å²) in [5.41, 5.74) is 2.74. The molecule has 0 aliphatic carbocycles. The monoisotopic (exact) mass is 429 g/mol. The first-order valence-electron chi connectivity index (χ1n) is 10.2. The first kappa shape index (κ1) is 19.7. The summed E-state index contributed by atoms with van der Waals surface area (Å²) in [6, 6.07) is 14.7. The van der Waals surface area contributed by atoms with Crippen molar-refractivity contribution in [3.63, 3.8) is 0 Å². The number of amides is 3. The molecule has 1 saturated heterocycles. The number of hydrogen-bond donors (Lipinski definition) is 2. The van der Waals surface area contributed by atoms with Crippen LogP contribution in [0.4, 0.5) is 5.69 Å². The van der Waals surface area contributed by atoms with Crippen LogP contribution in [-0.4, -0.2) is 32.5 Å². The van der Waals surface area contributed by atoms with Crippen LogP contribution in [-0.2, 0) is 20.9 Å². The summed E-state index contributed by atoms with van der Waals surface area (Å²) in [5, 5.41) is 10.6. The molecule has 2 N–H and O–H groups in total. The van der Waals surface area contributed by atoms with E-state index in [9.17, 15) is 14.4 Å². The summed E-state index contributed by atoms with van der Waals surface area (Å²) < 4.78 is 6.89. The quantitative estimate of drug-likeness (QED) is 0.471. The van der Waals surface area contributed by atoms with Crippen LogP contribution in [0.1, 0.15) is 24.5 Å². The third-order valence-electron chi connectivity index (χ3n) is 5.41. The average Bonchev–Trinajstić information content (AvgIpc) is 3.43. The highest BCUT2D eigenvalue weighted by Crippen LogP contribution is 2.30. The number of carbonyl (C=O) groups excluding carboxylic acids is 3. The van der Waals surface area contributed by atoms with Gasteiger partial charge in [0.25, 0.3) is 0 Å². The van der Waals surface area contributed by atoms with Gasteiger partial charge < -0.3 is 9.73 Å². The Hall–Kier alpha value is -4.27. The van der Waals surface area contributed by atoms with Crippen molar-refractivity contribution >= 4 is 34.3 Å². The molecule has 3 amide bonds. The maximum absolute atomic E-state index is 12.8. The Bertz CT molecular complexity index is 1330. The summed E-state index contributed by atoms with van der Waals surface area (Å²) in [7, 11) is 0. The van der Waals surface area contributed by atoms with Crippen LogP contribution in [0.25, 0.3) is 22.2 Å². The highest BCUT2D eigenvalue weighted by Gasteiger charge is 2.31. The van der Waals surface area contributed by atoms with E-state index in [0.717, 1.165) is 16.5 Å². The van der Waals surface area contributed by atoms with Crippen LogP contribution in [0.15, 0.2) is 65.5 Å². The molecular formula is C23H19N5O4. The van der Waals surface area contributed by atoms with Crippen LogP contribution < -0.4 is 10.6 Å². The van der Waals surface area contributed by atoms with Crippen LogP contribution in [0.5, 0.6) is 0 Å². The van der Waals surface area contributed by atoms with E-state index < -0.39 is 5.92 Å². The Morgan fingerprint density at radius 3 is 2.88 bits per heavy atom. The fraction of sp³-hybridized carbons (Fsp3) is 0.174. The minimum atomic E-state index is -0.527. The van der Waals surface area contributed by atoms with E-state index in [1.807, 2.05) is 36.4 Å². The van der Waals surface area contributed by atoms with Gasteiger partial charge in [0.2, 0.25) is 17.7 Å². The SMILES string of the molecule is O=C1CCC(c2nn(CC(=O)Nc3cccc(-c4cnco4)c3)c3ccccc23)C(=O)N1. The molecule has 0 saturated carbocycles. The molecule has 160 valence electrons. The number of benzene rings is 2. The van der Waals surface area contributed by atoms with Crippen molar-refractivity contribution in [3.05, 3.63) is 66.8 Å². The summed E-state index contributed by atoms with van der Waals surface area (Å²) in [4.78, 5) is 40.6. The van der Waals surface area contributed by atoms with Crippen LogP contribution in [0.3, 0.4) is 0 Å². The molecular weight excluding hydrogens is 410 g/mol. The molecule has 1 unspecified atom stereocenters. The highest BCUT2D eigenvalue weighted by atomic mass is 16.3. The molecule has 0 radical (unpaired) electrons. The van der Waals surface area contributed by atoms with Gasteiger partial charge in [-0.1, -0.05) is 30.3 Å². The van der Waals surface area contributed by atoms with Gasteiger partial charge in [0, 0.05) is 23.1 Å². The summed E-state index contributed by atoms with van der Waals surface area (Å²) in [6.07, 6.45) is 3.61. The minimum Gasteiger partial charge on any atom is -0.444 e. The van der Waals surface area contributed by atoms with Gasteiger partial charge in [-0.2, -0.15) is 5.10 Å². The van der Waals surface area contributed by atoms with Crippen molar-refractivity contribution in [2.75, 3.05) is 5.32 Å². The van der Waals surface area contributed by atoms with E-state index in [-0.39, 0.29) is 30.7 Å². The number of nitrogens with one attached hydrogen (secondary N) is 2. The second-order valence-corrected chi connectivity index (χ2v) is 7.56. The van der Waals surface area contributed by atoms with Gasteiger partial charge in [-0.15, -0.1) is 0 Å². The molecule has 1 atom stereocenters. The highest BCUT2D eigenvalue weighted by molar-refractivity contribution is 6.02. The van der Waals surface area contributed by atoms with Gasteiger partial charge in [-0.05, 0) is 24.6 Å². The molecule has 32 heavy (non-hydrogen) atoms. The molecule has 2 aromatic heterocycles. The van der Waals surface area contributed by atoms with Crippen molar-refractivity contribution in [1.82, 2.24) is 20.1 Å². The predicted octanol–water partition coefficient (Wildman–Crippen LogP) is 2.85. The Labute approximate surface area is 182 Å². The number of anilines is 1. The van der Waals surface area contributed by atoms with E-state index >= 15 is 0 Å². The molecule has 1 fully saturated rings. The molecule has 3 heterocycles. The van der Waals surface area contributed by atoms with Crippen molar-refractivity contribution in [1.29, 1.82) is 0 Å². The lowest BCUT2D eigenvalue weighted by Gasteiger charge is -2.19. The zero-order valence-electron chi connectivity index (χ0n) is 16.9. The number of para-hydroxylation sites is 1. The summed E-state index contributed by atoms with van der Waals surface area (Å²) in [6.45, 7) is -0.0275. The Kier molecular flexibility index (Phi) is 4.98. The van der Waals surface area contributed by atoms with E-state index in [1.54, 1.807) is 23.0 Å². The maximum Gasteiger partial charge on any atom is 0.246 e. The molecule has 9 heteroatoms. The van der Waals surface area contributed by atoms with Crippen molar-refractivity contribution in [3.8, 4) is 11.3 Å². The predicted molar refractivity (Wildman–Crippen MR) is 115 cm³/mol. The molecule has 0 spiro atoms. The number of nitrogens with zero attached hydrogens (tertiary/aromatic N) is 3. The van der Waals surface area contributed by atoms with Gasteiger partial charge in [0.15, 0.2) is 12.2 Å². The van der Waals surface area contributed by atoms with Crippen LogP contribution in [0.2, 0.25) is 0 Å². The lowest BCUT2D eigenvalue weighted by atomic mass is 9.93. The Morgan fingerprint density at radius 1 is 1.19 bits per heavy atom. The third-order valence-corrected chi connectivity index (χ3v) is 5.41. The normalized spacial score (nSPS) is 16.2. The first-order valence-corrected chi connectivity index (χ1v) is 10.2. The maximum atomic E-state index is 12.8. The van der Waals surface area contributed by atoms with E-state index in [0.29, 0.717) is 23.6 Å². The zero-order chi connectivity index (χ0) is 22.1. The lowest BCUT2D eigenvalue weighted by molar-refractivity contribution is -0.134. The summed E-state index contributed by atoms with van der Waals surface area (Å²) >= 11 is 0. The number of aromatic nitrogens is 3. The fourth-order valence-electron chi connectivity index (χ4n) is 3.93. The van der Waals surface area contributed by atoms with Gasteiger partial charge in [-0.3, -0.25) is 24.4 Å². The topological polar surface area (TPSA) is 119 Å². The van der Waals surface area contributed by atoms with Crippen molar-refractivity contribution in [2.24, 2.45) is 0 Å². The van der Waals surface area contributed by atoms with Crippen molar-refractivity contribution in [2.45, 2.75) is 25.3 Å². The molecule has 4 aromatic rings. The second kappa shape index (κ2) is 8.10. The number of fused-ring (bicyclic) bond motifs is 1. The van der Waals surface area contributed by atoms with Gasteiger partial charge in [-0.25, -0.2) is 4.98 Å². The largest absolute Gasteiger partial charge is 0.444 e. The van der Waals surface area contributed by atoms with E-state index in [4.69, 9.17) is 4.42 Å². The summed E-state index contributed by atoms with van der Waals surface area (Å²) in [5.74, 6) is -0.816. The Balaban J connectivity index is 1.39. The second-order valence-electron chi connectivity index (χ2n) is 7.56. The van der Waals surface area contributed by atoms with Gasteiger partial charge >= 0.3 is 0 Å². The number of carbonyl (C=O) groups is 3. The smallest absolute Gasteiger partial charge is 0.246 e. The number of oxazole rings is 1. The van der Waals surface area contributed by atoms with E-state index in [1.165, 1.54) is 6.39 Å². The molecule has 9 nitrogen and oxygen atoms in total. The fourth-order valence-corrected chi connectivity index (χ4v) is 3.93. The zero-order valence-corrected chi connectivity index (χ0v) is 16.9. The third kappa shape index (κ3) is 3.76. The standard InChI is InChI=1S/C23H19N5O4/c29-20-9-8-17(23(31)26-20)22-16-6-1-2-7-18(16)28(27-22)12-21(30)25-15-5-3-4-14(10-15)19-11-24-13-32-19/h1-7,10-11,13,17H,8-9,12H2,(H,25,30)(H,26,29,31). The first-order chi connectivity index (χ1) is 15.6.